The van der Waals surface area contributed by atoms with Gasteiger partial charge in [-0.25, -0.2) is 0 Å². The molecule has 0 heterocycles. The summed E-state index contributed by atoms with van der Waals surface area (Å²) < 4.78 is 0. The van der Waals surface area contributed by atoms with Gasteiger partial charge in [0, 0.05) is 6.42 Å². The second-order valence-corrected chi connectivity index (χ2v) is 3.51. The maximum atomic E-state index is 9.87. The molecule has 0 amide bonds. The van der Waals surface area contributed by atoms with E-state index < -0.39 is 5.97 Å². The SMILES string of the molecule is CC.CCCCCC(=O)O.Cc1ccccc1. The summed E-state index contributed by atoms with van der Waals surface area (Å²) in [6.45, 7) is 8.14. The van der Waals surface area contributed by atoms with Crippen LogP contribution in [0.3, 0.4) is 0 Å². The molecule has 1 aromatic carbocycles. The van der Waals surface area contributed by atoms with Crippen molar-refractivity contribution in [2.24, 2.45) is 0 Å². The van der Waals surface area contributed by atoms with Crippen LogP contribution in [-0.4, -0.2) is 11.1 Å². The van der Waals surface area contributed by atoms with Crippen LogP contribution in [0.25, 0.3) is 0 Å². The summed E-state index contributed by atoms with van der Waals surface area (Å²) in [6.07, 6.45) is 3.28. The molecule has 2 nitrogen and oxygen atoms in total. The summed E-state index contributed by atoms with van der Waals surface area (Å²) in [5.74, 6) is -0.682. The number of carbonyl (C=O) groups is 1. The van der Waals surface area contributed by atoms with E-state index in [9.17, 15) is 4.79 Å². The minimum absolute atomic E-state index is 0.327. The van der Waals surface area contributed by atoms with Crippen molar-refractivity contribution >= 4 is 5.97 Å². The summed E-state index contributed by atoms with van der Waals surface area (Å²) in [6, 6.07) is 10.3. The van der Waals surface area contributed by atoms with Gasteiger partial charge in [-0.1, -0.05) is 69.5 Å². The van der Waals surface area contributed by atoms with E-state index >= 15 is 0 Å². The molecule has 98 valence electrons. The van der Waals surface area contributed by atoms with Gasteiger partial charge in [-0.05, 0) is 13.3 Å². The Labute approximate surface area is 106 Å². The van der Waals surface area contributed by atoms with Crippen LogP contribution in [0.1, 0.15) is 52.0 Å². The average Bonchev–Trinajstić information content (AvgIpc) is 2.33. The van der Waals surface area contributed by atoms with Crippen LogP contribution in [0, 0.1) is 6.92 Å². The second kappa shape index (κ2) is 14.7. The summed E-state index contributed by atoms with van der Waals surface area (Å²) in [7, 11) is 0. The van der Waals surface area contributed by atoms with E-state index in [-0.39, 0.29) is 0 Å². The van der Waals surface area contributed by atoms with E-state index in [0.29, 0.717) is 6.42 Å². The Kier molecular flexibility index (Phi) is 15.6. The summed E-state index contributed by atoms with van der Waals surface area (Å²) in [5, 5.41) is 8.14. The molecule has 0 fully saturated rings. The van der Waals surface area contributed by atoms with Crippen LogP contribution >= 0.6 is 0 Å². The van der Waals surface area contributed by atoms with Crippen molar-refractivity contribution in [3.63, 3.8) is 0 Å². The highest BCUT2D eigenvalue weighted by Gasteiger charge is 1.92. The maximum Gasteiger partial charge on any atom is 0.303 e. The summed E-state index contributed by atoms with van der Waals surface area (Å²) in [5.41, 5.74) is 1.32. The zero-order chi connectivity index (χ0) is 13.5. The number of hydrogen-bond donors (Lipinski definition) is 1. The monoisotopic (exact) mass is 238 g/mol. The first-order valence-electron chi connectivity index (χ1n) is 6.40. The highest BCUT2D eigenvalue weighted by Crippen LogP contribution is 1.97. The number of unbranched alkanes of at least 4 members (excludes halogenated alkanes) is 2. The average molecular weight is 238 g/mol. The third kappa shape index (κ3) is 17.3. The van der Waals surface area contributed by atoms with Gasteiger partial charge < -0.3 is 5.11 Å². The third-order valence-corrected chi connectivity index (χ3v) is 1.93. The first-order chi connectivity index (χ1) is 8.16. The molecule has 0 aromatic heterocycles. The smallest absolute Gasteiger partial charge is 0.303 e. The fourth-order valence-corrected chi connectivity index (χ4v) is 1.06. The van der Waals surface area contributed by atoms with Gasteiger partial charge in [0.2, 0.25) is 0 Å². The Hall–Kier alpha value is -1.31. The Morgan fingerprint density at radius 3 is 1.94 bits per heavy atom. The van der Waals surface area contributed by atoms with Crippen LogP contribution in [0.4, 0.5) is 0 Å². The van der Waals surface area contributed by atoms with E-state index in [1.807, 2.05) is 32.0 Å². The molecular weight excluding hydrogens is 212 g/mol. The quantitative estimate of drug-likeness (QED) is 0.774. The van der Waals surface area contributed by atoms with E-state index in [1.165, 1.54) is 5.56 Å². The van der Waals surface area contributed by atoms with Gasteiger partial charge in [0.15, 0.2) is 0 Å². The standard InChI is InChI=1S/C7H8.C6H12O2.C2H6/c1-7-5-3-2-4-6-7;1-2-3-4-5-6(7)8;1-2/h2-6H,1H3;2-5H2,1H3,(H,7,8);1-2H3. The van der Waals surface area contributed by atoms with Crippen molar-refractivity contribution in [3.8, 4) is 0 Å². The van der Waals surface area contributed by atoms with Crippen LogP contribution in [0.15, 0.2) is 30.3 Å². The molecule has 0 aliphatic carbocycles. The zero-order valence-corrected chi connectivity index (χ0v) is 11.6. The number of hydrogen-bond acceptors (Lipinski definition) is 1. The predicted molar refractivity (Wildman–Crippen MR) is 74.3 cm³/mol. The molecule has 0 atom stereocenters. The summed E-state index contributed by atoms with van der Waals surface area (Å²) in [4.78, 5) is 9.87. The van der Waals surface area contributed by atoms with Crippen LogP contribution in [-0.2, 0) is 4.79 Å². The topological polar surface area (TPSA) is 37.3 Å². The van der Waals surface area contributed by atoms with E-state index in [4.69, 9.17) is 5.11 Å². The molecule has 1 aromatic rings. The number of carboxylic acids is 1. The van der Waals surface area contributed by atoms with Gasteiger partial charge in [-0.15, -0.1) is 0 Å². The van der Waals surface area contributed by atoms with Crippen LogP contribution < -0.4 is 0 Å². The van der Waals surface area contributed by atoms with E-state index in [1.54, 1.807) is 0 Å². The molecule has 1 rings (SSSR count). The molecule has 0 saturated carbocycles. The zero-order valence-electron chi connectivity index (χ0n) is 11.6. The van der Waals surface area contributed by atoms with E-state index in [2.05, 4.69) is 26.0 Å². The lowest BCUT2D eigenvalue weighted by molar-refractivity contribution is -0.137. The number of benzene rings is 1. The minimum Gasteiger partial charge on any atom is -0.481 e. The molecule has 0 unspecified atom stereocenters. The Morgan fingerprint density at radius 1 is 1.12 bits per heavy atom. The first kappa shape index (κ1) is 18.1. The lowest BCUT2D eigenvalue weighted by Crippen LogP contribution is -1.92. The third-order valence-electron chi connectivity index (χ3n) is 1.93. The van der Waals surface area contributed by atoms with Crippen molar-refractivity contribution in [2.75, 3.05) is 0 Å². The molecule has 0 bridgehead atoms. The first-order valence-corrected chi connectivity index (χ1v) is 6.40. The highest BCUT2D eigenvalue weighted by molar-refractivity contribution is 5.66. The van der Waals surface area contributed by atoms with Gasteiger partial charge in [-0.2, -0.15) is 0 Å². The highest BCUT2D eigenvalue weighted by atomic mass is 16.4. The molecule has 0 aliphatic heterocycles. The molecule has 0 radical (unpaired) electrons. The number of aryl methyl sites for hydroxylation is 1. The summed E-state index contributed by atoms with van der Waals surface area (Å²) >= 11 is 0. The number of carboxylic acid groups (broad SMARTS) is 1. The molecule has 0 saturated heterocycles. The van der Waals surface area contributed by atoms with Gasteiger partial charge in [0.05, 0.1) is 0 Å². The molecule has 2 heteroatoms. The van der Waals surface area contributed by atoms with Gasteiger partial charge in [0.1, 0.15) is 0 Å². The molecule has 0 aliphatic rings. The van der Waals surface area contributed by atoms with Crippen molar-refractivity contribution < 1.29 is 9.90 Å². The molecular formula is C15H26O2. The predicted octanol–water partition coefficient (Wildman–Crippen LogP) is 4.67. The normalized spacial score (nSPS) is 8.24. The lowest BCUT2D eigenvalue weighted by atomic mass is 10.2. The molecule has 0 spiro atoms. The van der Waals surface area contributed by atoms with Gasteiger partial charge in [0.25, 0.3) is 0 Å². The number of rotatable bonds is 4. The Balaban J connectivity index is 0. The Bertz CT molecular complexity index is 255. The molecule has 17 heavy (non-hydrogen) atoms. The van der Waals surface area contributed by atoms with Gasteiger partial charge >= 0.3 is 5.97 Å². The van der Waals surface area contributed by atoms with Crippen molar-refractivity contribution in [2.45, 2.75) is 53.4 Å². The lowest BCUT2D eigenvalue weighted by Gasteiger charge is -1.89. The minimum atomic E-state index is -0.682. The second-order valence-electron chi connectivity index (χ2n) is 3.51. The number of aliphatic carboxylic acids is 1. The largest absolute Gasteiger partial charge is 0.481 e. The fraction of sp³-hybridized carbons (Fsp3) is 0.533. The maximum absolute atomic E-state index is 9.87. The molecule has 1 N–H and O–H groups in total. The van der Waals surface area contributed by atoms with Crippen molar-refractivity contribution in [3.05, 3.63) is 35.9 Å². The van der Waals surface area contributed by atoms with Crippen LogP contribution in [0.2, 0.25) is 0 Å². The van der Waals surface area contributed by atoms with E-state index in [0.717, 1.165) is 19.3 Å². The van der Waals surface area contributed by atoms with Gasteiger partial charge in [-0.3, -0.25) is 4.79 Å². The van der Waals surface area contributed by atoms with Crippen LogP contribution in [0.5, 0.6) is 0 Å². The Morgan fingerprint density at radius 2 is 1.65 bits per heavy atom. The fourth-order valence-electron chi connectivity index (χ4n) is 1.06. The van der Waals surface area contributed by atoms with Crippen molar-refractivity contribution in [1.82, 2.24) is 0 Å². The van der Waals surface area contributed by atoms with Crippen molar-refractivity contribution in [1.29, 1.82) is 0 Å².